The zero-order valence-corrected chi connectivity index (χ0v) is 3.86. The summed E-state index contributed by atoms with van der Waals surface area (Å²) in [6, 6.07) is 0. The van der Waals surface area contributed by atoms with Crippen molar-refractivity contribution in [3.05, 3.63) is 0 Å². The summed E-state index contributed by atoms with van der Waals surface area (Å²) >= 11 is 0. The minimum atomic E-state index is 0.662. The smallest absolute Gasteiger partial charge is 0.0656 e. The summed E-state index contributed by atoms with van der Waals surface area (Å²) in [5.74, 6) is 0.662. The second-order valence-corrected chi connectivity index (χ2v) is 1.63. The summed E-state index contributed by atoms with van der Waals surface area (Å²) in [7, 11) is 5.17. The lowest BCUT2D eigenvalue weighted by molar-refractivity contribution is 0.735. The van der Waals surface area contributed by atoms with E-state index >= 15 is 0 Å². The van der Waals surface area contributed by atoms with Crippen molar-refractivity contribution in [1.82, 2.24) is 0 Å². The van der Waals surface area contributed by atoms with Crippen LogP contribution in [0.2, 0.25) is 6.32 Å². The lowest BCUT2D eigenvalue weighted by Crippen LogP contribution is -1.80. The van der Waals surface area contributed by atoms with Crippen LogP contribution in [0.1, 0.15) is 13.8 Å². The molecule has 0 aliphatic rings. The number of hydrogen-bond acceptors (Lipinski definition) is 0. The molecule has 0 aromatic carbocycles. The van der Waals surface area contributed by atoms with Gasteiger partial charge in [-0.2, -0.15) is 0 Å². The van der Waals surface area contributed by atoms with E-state index in [0.29, 0.717) is 5.92 Å². The fourth-order valence-corrected chi connectivity index (χ4v) is 0. The highest BCUT2D eigenvalue weighted by atomic mass is 13.8. The number of hydrogen-bond donors (Lipinski definition) is 0. The Morgan fingerprint density at radius 2 is 1.80 bits per heavy atom. The first-order chi connectivity index (χ1) is 2.27. The Hall–Kier alpha value is 0.0649. The molecule has 0 heterocycles. The largest absolute Gasteiger partial charge is 0.0864 e. The zero-order valence-electron chi connectivity index (χ0n) is 3.86. The molecule has 0 unspecified atom stereocenters. The van der Waals surface area contributed by atoms with E-state index < -0.39 is 0 Å². The molecule has 0 rings (SSSR count). The van der Waals surface area contributed by atoms with Crippen LogP contribution in [0.3, 0.4) is 0 Å². The summed E-state index contributed by atoms with van der Waals surface area (Å²) in [5.41, 5.74) is 0. The van der Waals surface area contributed by atoms with Gasteiger partial charge >= 0.3 is 0 Å². The van der Waals surface area contributed by atoms with Crippen LogP contribution < -0.4 is 0 Å². The summed E-state index contributed by atoms with van der Waals surface area (Å²) in [6.45, 7) is 4.19. The highest BCUT2D eigenvalue weighted by Crippen LogP contribution is 1.92. The van der Waals surface area contributed by atoms with E-state index in [9.17, 15) is 0 Å². The van der Waals surface area contributed by atoms with Crippen LogP contribution in [0.4, 0.5) is 0 Å². The van der Waals surface area contributed by atoms with Gasteiger partial charge in [-0.3, -0.25) is 0 Å². The molecule has 0 aliphatic carbocycles. The summed E-state index contributed by atoms with van der Waals surface area (Å²) < 4.78 is 0. The van der Waals surface area contributed by atoms with E-state index in [4.69, 9.17) is 7.85 Å². The van der Waals surface area contributed by atoms with E-state index in [0.717, 1.165) is 6.32 Å². The fourth-order valence-electron chi connectivity index (χ4n) is 0. The standard InChI is InChI=1S/C4H9B/c1-4(2)3-5/h4H,3H2,1-2H3. The Kier molecular flexibility index (Phi) is 2.34. The molecule has 5 heavy (non-hydrogen) atoms. The monoisotopic (exact) mass is 68.1 g/mol. The lowest BCUT2D eigenvalue weighted by atomic mass is 9.95. The Morgan fingerprint density at radius 1 is 1.60 bits per heavy atom. The first-order valence-electron chi connectivity index (χ1n) is 1.97. The first-order valence-corrected chi connectivity index (χ1v) is 1.97. The molecular weight excluding hydrogens is 58.9 g/mol. The van der Waals surface area contributed by atoms with Crippen molar-refractivity contribution < 1.29 is 0 Å². The van der Waals surface area contributed by atoms with Crippen LogP contribution >= 0.6 is 0 Å². The van der Waals surface area contributed by atoms with Crippen molar-refractivity contribution in [3.63, 3.8) is 0 Å². The first kappa shape index (κ1) is 5.06. The van der Waals surface area contributed by atoms with Crippen molar-refractivity contribution in [2.45, 2.75) is 20.2 Å². The normalized spacial score (nSPS) is 9.40. The topological polar surface area (TPSA) is 0 Å². The predicted octanol–water partition coefficient (Wildman–Crippen LogP) is 1.23. The second-order valence-electron chi connectivity index (χ2n) is 1.63. The van der Waals surface area contributed by atoms with E-state index in [1.165, 1.54) is 0 Å². The van der Waals surface area contributed by atoms with Gasteiger partial charge in [0, 0.05) is 0 Å². The summed E-state index contributed by atoms with van der Waals surface area (Å²) in [6.07, 6.45) is 0.806. The molecule has 1 heteroatoms. The van der Waals surface area contributed by atoms with Gasteiger partial charge in [0.25, 0.3) is 0 Å². The van der Waals surface area contributed by atoms with Crippen LogP contribution in [-0.4, -0.2) is 7.85 Å². The third kappa shape index (κ3) is 4.06. The van der Waals surface area contributed by atoms with E-state index in [1.54, 1.807) is 0 Å². The second kappa shape index (κ2) is 2.31. The zero-order chi connectivity index (χ0) is 4.28. The van der Waals surface area contributed by atoms with Gasteiger partial charge in [-0.15, -0.1) is 0 Å². The van der Waals surface area contributed by atoms with Gasteiger partial charge in [-0.25, -0.2) is 0 Å². The lowest BCUT2D eigenvalue weighted by Gasteiger charge is -1.90. The van der Waals surface area contributed by atoms with E-state index in [-0.39, 0.29) is 0 Å². The van der Waals surface area contributed by atoms with Crippen molar-refractivity contribution in [3.8, 4) is 0 Å². The highest BCUT2D eigenvalue weighted by Gasteiger charge is 1.79. The van der Waals surface area contributed by atoms with Crippen LogP contribution in [0, 0.1) is 5.92 Å². The average molecular weight is 67.9 g/mol. The van der Waals surface area contributed by atoms with Crippen molar-refractivity contribution in [2.75, 3.05) is 0 Å². The Balaban J connectivity index is 2.54. The van der Waals surface area contributed by atoms with Gasteiger partial charge in [0.2, 0.25) is 0 Å². The maximum atomic E-state index is 5.17. The van der Waals surface area contributed by atoms with Crippen LogP contribution in [0.15, 0.2) is 0 Å². The Morgan fingerprint density at radius 3 is 1.80 bits per heavy atom. The minimum absolute atomic E-state index is 0.662. The van der Waals surface area contributed by atoms with E-state index in [1.807, 2.05) is 0 Å². The highest BCUT2D eigenvalue weighted by molar-refractivity contribution is 6.08. The Bertz CT molecular complexity index is 17.6. The van der Waals surface area contributed by atoms with E-state index in [2.05, 4.69) is 13.8 Å². The molecule has 0 atom stereocenters. The molecule has 0 aliphatic heterocycles. The average Bonchev–Trinajstić information content (AvgIpc) is 1.38. The molecule has 0 fully saturated rings. The van der Waals surface area contributed by atoms with Gasteiger partial charge in [0.05, 0.1) is 7.85 Å². The molecule has 0 bridgehead atoms. The SMILES string of the molecule is [B]CC(C)C. The molecule has 0 aromatic rings. The van der Waals surface area contributed by atoms with Crippen molar-refractivity contribution >= 4 is 7.85 Å². The Labute approximate surface area is 35.0 Å². The molecule has 0 saturated heterocycles. The fraction of sp³-hybridized carbons (Fsp3) is 1.00. The molecule has 0 aromatic heterocycles. The summed E-state index contributed by atoms with van der Waals surface area (Å²) in [4.78, 5) is 0. The van der Waals surface area contributed by atoms with Crippen LogP contribution in [0.5, 0.6) is 0 Å². The van der Waals surface area contributed by atoms with Crippen molar-refractivity contribution in [2.24, 2.45) is 5.92 Å². The quantitative estimate of drug-likeness (QED) is 0.405. The van der Waals surface area contributed by atoms with Gasteiger partial charge in [0.15, 0.2) is 0 Å². The molecule has 28 valence electrons. The van der Waals surface area contributed by atoms with Gasteiger partial charge in [-0.1, -0.05) is 26.1 Å². The molecule has 0 saturated carbocycles. The third-order valence-electron chi connectivity index (χ3n) is 0.471. The molecule has 0 amide bonds. The minimum Gasteiger partial charge on any atom is -0.0864 e. The maximum absolute atomic E-state index is 5.17. The summed E-state index contributed by atoms with van der Waals surface area (Å²) in [5, 5.41) is 0. The van der Waals surface area contributed by atoms with Crippen LogP contribution in [0.25, 0.3) is 0 Å². The third-order valence-corrected chi connectivity index (χ3v) is 0.471. The number of rotatable bonds is 1. The molecule has 0 spiro atoms. The van der Waals surface area contributed by atoms with Gasteiger partial charge < -0.3 is 0 Å². The van der Waals surface area contributed by atoms with Crippen LogP contribution in [-0.2, 0) is 0 Å². The maximum Gasteiger partial charge on any atom is 0.0656 e. The predicted molar refractivity (Wildman–Crippen MR) is 25.4 cm³/mol. The molecule has 2 radical (unpaired) electrons. The molecule has 0 nitrogen and oxygen atoms in total. The molecule has 0 N–H and O–H groups in total. The van der Waals surface area contributed by atoms with Gasteiger partial charge in [-0.05, 0) is 0 Å². The van der Waals surface area contributed by atoms with Crippen molar-refractivity contribution in [1.29, 1.82) is 0 Å². The molecular formula is C4H9B. The van der Waals surface area contributed by atoms with Gasteiger partial charge in [0.1, 0.15) is 0 Å².